The van der Waals surface area contributed by atoms with Gasteiger partial charge in [0, 0.05) is 35.6 Å². The third kappa shape index (κ3) is 7.90. The molecular formula is C43H45F3N8O5S. The molecule has 3 atom stereocenters. The van der Waals surface area contributed by atoms with Gasteiger partial charge in [0.15, 0.2) is 10.8 Å². The minimum atomic E-state index is -4.84. The first-order chi connectivity index (χ1) is 28.8. The average molecular weight is 843 g/mol. The van der Waals surface area contributed by atoms with Gasteiger partial charge in [-0.15, -0.1) is 0 Å². The van der Waals surface area contributed by atoms with E-state index in [1.807, 2.05) is 37.3 Å². The van der Waals surface area contributed by atoms with Crippen LogP contribution in [0.4, 0.5) is 35.9 Å². The SMILES string of the molecule is CCc1cc(N2C(=S)N(c3cnc(C#N)c(C(F)(F)F)c3)C(=O)C23CCC3)ccc1OCCC1CC2CCC(C1)N2CC(=O)Nc1cccc(NC2CCC(=O)NC2=O)c1. The number of piperidine rings is 2. The van der Waals surface area contributed by atoms with Crippen molar-refractivity contribution in [3.05, 3.63) is 71.5 Å². The van der Waals surface area contributed by atoms with Crippen LogP contribution in [0.3, 0.4) is 0 Å². The molecule has 4 saturated heterocycles. The van der Waals surface area contributed by atoms with Crippen LogP contribution in [-0.2, 0) is 31.8 Å². The maximum absolute atomic E-state index is 14.0. The third-order valence-electron chi connectivity index (χ3n) is 12.6. The van der Waals surface area contributed by atoms with E-state index in [1.165, 1.54) is 6.07 Å². The Kier molecular flexibility index (Phi) is 11.3. The Balaban J connectivity index is 0.863. The molecule has 5 aliphatic rings. The van der Waals surface area contributed by atoms with Crippen molar-refractivity contribution >= 4 is 63.7 Å². The van der Waals surface area contributed by atoms with Crippen LogP contribution in [-0.4, -0.2) is 75.4 Å². The Labute approximate surface area is 350 Å². The van der Waals surface area contributed by atoms with Gasteiger partial charge >= 0.3 is 6.18 Å². The summed E-state index contributed by atoms with van der Waals surface area (Å²) in [6.07, 6.45) is 4.15. The van der Waals surface area contributed by atoms with Crippen LogP contribution in [0.2, 0.25) is 0 Å². The Morgan fingerprint density at radius 1 is 1.05 bits per heavy atom. The smallest absolute Gasteiger partial charge is 0.419 e. The van der Waals surface area contributed by atoms with Crippen LogP contribution in [0.5, 0.6) is 5.75 Å². The van der Waals surface area contributed by atoms with Crippen molar-refractivity contribution in [1.29, 1.82) is 5.26 Å². The van der Waals surface area contributed by atoms with Crippen molar-refractivity contribution in [2.45, 2.75) is 107 Å². The molecule has 0 radical (unpaired) electrons. The van der Waals surface area contributed by atoms with Gasteiger partial charge in [-0.2, -0.15) is 18.4 Å². The van der Waals surface area contributed by atoms with E-state index in [0.717, 1.165) is 67.0 Å². The fraction of sp³-hybridized carbons (Fsp3) is 0.465. The maximum atomic E-state index is 14.0. The summed E-state index contributed by atoms with van der Waals surface area (Å²) in [5, 5.41) is 17.8. The minimum Gasteiger partial charge on any atom is -0.493 e. The van der Waals surface area contributed by atoms with E-state index in [9.17, 15) is 37.6 Å². The monoisotopic (exact) mass is 842 g/mol. The van der Waals surface area contributed by atoms with Crippen molar-refractivity contribution in [2.24, 2.45) is 5.92 Å². The molecule has 17 heteroatoms. The van der Waals surface area contributed by atoms with E-state index in [-0.39, 0.29) is 34.9 Å². The predicted octanol–water partition coefficient (Wildman–Crippen LogP) is 6.46. The molecule has 1 aliphatic carbocycles. The summed E-state index contributed by atoms with van der Waals surface area (Å²) in [4.78, 5) is 59.8. The van der Waals surface area contributed by atoms with Gasteiger partial charge in [0.1, 0.15) is 23.4 Å². The molecule has 13 nitrogen and oxygen atoms in total. The number of carbonyl (C=O) groups excluding carboxylic acids is 4. The highest BCUT2D eigenvalue weighted by molar-refractivity contribution is 7.81. The van der Waals surface area contributed by atoms with Crippen LogP contribution < -0.4 is 30.5 Å². The lowest BCUT2D eigenvalue weighted by molar-refractivity contribution is -0.138. The fourth-order valence-electron chi connectivity index (χ4n) is 9.51. The largest absolute Gasteiger partial charge is 0.493 e. The lowest BCUT2D eigenvalue weighted by atomic mass is 9.75. The average Bonchev–Trinajstić information content (AvgIpc) is 3.57. The third-order valence-corrected chi connectivity index (χ3v) is 13.0. The zero-order valence-corrected chi connectivity index (χ0v) is 33.8. The van der Waals surface area contributed by atoms with Crippen LogP contribution >= 0.6 is 12.2 Å². The van der Waals surface area contributed by atoms with E-state index < -0.39 is 34.9 Å². The number of anilines is 4. The number of halogens is 3. The zero-order valence-electron chi connectivity index (χ0n) is 33.0. The van der Waals surface area contributed by atoms with E-state index in [0.29, 0.717) is 73.9 Å². The van der Waals surface area contributed by atoms with E-state index in [4.69, 9.17) is 17.0 Å². The number of nitrogens with zero attached hydrogens (tertiary/aromatic N) is 5. The summed E-state index contributed by atoms with van der Waals surface area (Å²) in [7, 11) is 0. The zero-order chi connectivity index (χ0) is 42.3. The first-order valence-electron chi connectivity index (χ1n) is 20.5. The van der Waals surface area contributed by atoms with Gasteiger partial charge in [0.2, 0.25) is 17.7 Å². The van der Waals surface area contributed by atoms with Gasteiger partial charge in [0.25, 0.3) is 5.91 Å². The molecule has 4 aliphatic heterocycles. The van der Waals surface area contributed by atoms with Gasteiger partial charge < -0.3 is 20.3 Å². The highest BCUT2D eigenvalue weighted by Gasteiger charge is 2.60. The molecule has 3 N–H and O–H groups in total. The second kappa shape index (κ2) is 16.5. The molecule has 60 heavy (non-hydrogen) atoms. The minimum absolute atomic E-state index is 0.0574. The summed E-state index contributed by atoms with van der Waals surface area (Å²) in [5.74, 6) is 0.0120. The number of fused-ring (bicyclic) bond motifs is 2. The Morgan fingerprint density at radius 3 is 2.47 bits per heavy atom. The second-order valence-corrected chi connectivity index (χ2v) is 16.7. The second-order valence-electron chi connectivity index (χ2n) is 16.3. The van der Waals surface area contributed by atoms with Crippen molar-refractivity contribution in [3.8, 4) is 11.8 Å². The van der Waals surface area contributed by atoms with Gasteiger partial charge in [-0.3, -0.25) is 34.3 Å². The van der Waals surface area contributed by atoms with Gasteiger partial charge in [-0.1, -0.05) is 13.0 Å². The molecule has 5 fully saturated rings. The number of carbonyl (C=O) groups is 4. The van der Waals surface area contributed by atoms with Gasteiger partial charge in [-0.05, 0) is 130 Å². The van der Waals surface area contributed by atoms with Crippen LogP contribution in [0.25, 0.3) is 0 Å². The van der Waals surface area contributed by atoms with Crippen molar-refractivity contribution < 1.29 is 37.1 Å². The number of hydrogen-bond donors (Lipinski definition) is 3. The number of imide groups is 1. The van der Waals surface area contributed by atoms with Crippen LogP contribution in [0.15, 0.2) is 54.7 Å². The number of amides is 4. The lowest BCUT2D eigenvalue weighted by Gasteiger charge is -2.43. The van der Waals surface area contributed by atoms with E-state index in [2.05, 4.69) is 25.8 Å². The van der Waals surface area contributed by atoms with E-state index >= 15 is 0 Å². The summed E-state index contributed by atoms with van der Waals surface area (Å²) < 4.78 is 47.9. The number of nitrogens with one attached hydrogen (secondary N) is 3. The summed E-state index contributed by atoms with van der Waals surface area (Å²) in [6.45, 7) is 2.80. The Hall–Kier alpha value is -5.60. The molecule has 2 aromatic carbocycles. The normalized spacial score (nSPS) is 23.6. The van der Waals surface area contributed by atoms with Crippen LogP contribution in [0, 0.1) is 17.2 Å². The first-order valence-corrected chi connectivity index (χ1v) is 20.9. The number of aryl methyl sites for hydroxylation is 1. The summed E-state index contributed by atoms with van der Waals surface area (Å²) in [5.41, 5.74) is -0.279. The molecular weight excluding hydrogens is 798 g/mol. The molecule has 5 heterocycles. The topological polar surface area (TPSA) is 160 Å². The predicted molar refractivity (Wildman–Crippen MR) is 220 cm³/mol. The fourth-order valence-corrected chi connectivity index (χ4v) is 9.98. The van der Waals surface area contributed by atoms with Crippen molar-refractivity contribution in [3.63, 3.8) is 0 Å². The molecule has 1 saturated carbocycles. The molecule has 1 aromatic heterocycles. The summed E-state index contributed by atoms with van der Waals surface area (Å²) >= 11 is 5.80. The van der Waals surface area contributed by atoms with Gasteiger partial charge in [-0.25, -0.2) is 4.98 Å². The molecule has 314 valence electrons. The molecule has 4 amide bonds. The number of rotatable bonds is 12. The number of benzene rings is 2. The molecule has 3 unspecified atom stereocenters. The van der Waals surface area contributed by atoms with E-state index in [1.54, 1.807) is 17.0 Å². The molecule has 8 rings (SSSR count). The van der Waals surface area contributed by atoms with Gasteiger partial charge in [0.05, 0.1) is 30.6 Å². The number of thiocarbonyl (C=S) groups is 1. The highest BCUT2D eigenvalue weighted by atomic mass is 32.1. The molecule has 2 bridgehead atoms. The molecule has 3 aromatic rings. The molecule has 1 spiro atoms. The lowest BCUT2D eigenvalue weighted by Crippen LogP contribution is -2.55. The number of pyridine rings is 1. The number of ether oxygens (including phenoxy) is 1. The summed E-state index contributed by atoms with van der Waals surface area (Å²) in [6, 6.07) is 15.2. The maximum Gasteiger partial charge on any atom is 0.419 e. The standard InChI is InChI=1S/C43H45F3N8O5S/c1-2-26-19-31(54-41(60)53(40(58)42(54)14-4-15-42)32-21-33(43(44,45)46)35(22-47)48-23-32)9-11-36(26)59-16-13-25-17-29-7-8-30(18-25)52(29)24-38(56)50-28-6-3-5-27(20-28)49-34-10-12-37(55)51-39(34)57/h3,5-6,9,11,19-21,23,25,29-30,34,49H,2,4,7-8,10,12-18,24H2,1H3,(H,50,56)(H,51,55,57). The van der Waals surface area contributed by atoms with Crippen molar-refractivity contribution in [2.75, 3.05) is 33.6 Å². The number of nitriles is 1. The first kappa shape index (κ1) is 41.1. The number of aromatic nitrogens is 1. The number of alkyl halides is 3. The number of hydrogen-bond acceptors (Lipinski definition) is 10. The van der Waals surface area contributed by atoms with Crippen molar-refractivity contribution in [1.82, 2.24) is 15.2 Å². The Bertz CT molecular complexity index is 2260. The highest BCUT2D eigenvalue weighted by Crippen LogP contribution is 2.49. The van der Waals surface area contributed by atoms with Crippen LogP contribution in [0.1, 0.15) is 88.0 Å². The quantitative estimate of drug-likeness (QED) is 0.136. The Morgan fingerprint density at radius 2 is 1.80 bits per heavy atom.